The van der Waals surface area contributed by atoms with Crippen LogP contribution in [-0.4, -0.2) is 18.1 Å². The number of hydrogen-bond acceptors (Lipinski definition) is 3. The molecular weight excluding hydrogens is 230 g/mol. The summed E-state index contributed by atoms with van der Waals surface area (Å²) < 4.78 is 4.57. The molecule has 1 heterocycles. The molecule has 16 heavy (non-hydrogen) atoms. The van der Waals surface area contributed by atoms with Gasteiger partial charge in [0.05, 0.1) is 23.2 Å². The summed E-state index contributed by atoms with van der Waals surface area (Å²) in [6.45, 7) is 0. The van der Waals surface area contributed by atoms with Gasteiger partial charge in [0.2, 0.25) is 0 Å². The monoisotopic (exact) mass is 237 g/mol. The number of halogens is 1. The number of ether oxygens (including phenoxy) is 1. The molecule has 0 bridgehead atoms. The van der Waals surface area contributed by atoms with Crippen LogP contribution in [0.2, 0.25) is 5.02 Å². The highest BCUT2D eigenvalue weighted by atomic mass is 35.5. The van der Waals surface area contributed by atoms with E-state index in [1.165, 1.54) is 31.5 Å². The van der Waals surface area contributed by atoms with Gasteiger partial charge in [0.15, 0.2) is 5.43 Å². The van der Waals surface area contributed by atoms with Crippen LogP contribution >= 0.6 is 11.6 Å². The van der Waals surface area contributed by atoms with E-state index >= 15 is 0 Å². The van der Waals surface area contributed by atoms with Crippen LogP contribution in [0.15, 0.2) is 29.2 Å². The number of nitrogens with one attached hydrogen (secondary N) is 1. The molecule has 0 aliphatic rings. The molecule has 0 aliphatic heterocycles. The second-order valence-corrected chi connectivity index (χ2v) is 3.62. The van der Waals surface area contributed by atoms with Crippen LogP contribution in [-0.2, 0) is 4.74 Å². The van der Waals surface area contributed by atoms with Crippen LogP contribution < -0.4 is 5.43 Å². The standard InChI is InChI=1S/C11H8ClNO3/c1-16-11(15)6-4-7-9(14)2-3-13-10(7)8(12)5-6/h2-5H,1H3,(H,13,14). The van der Waals surface area contributed by atoms with Crippen molar-refractivity contribution in [2.45, 2.75) is 0 Å². The number of rotatable bonds is 1. The summed E-state index contributed by atoms with van der Waals surface area (Å²) in [6, 6.07) is 4.30. The highest BCUT2D eigenvalue weighted by Crippen LogP contribution is 2.21. The number of aromatic nitrogens is 1. The van der Waals surface area contributed by atoms with Crippen LogP contribution in [0.25, 0.3) is 10.9 Å². The summed E-state index contributed by atoms with van der Waals surface area (Å²) in [5, 5.41) is 0.686. The van der Waals surface area contributed by atoms with Gasteiger partial charge in [-0.15, -0.1) is 0 Å². The number of esters is 1. The van der Waals surface area contributed by atoms with Gasteiger partial charge < -0.3 is 9.72 Å². The van der Waals surface area contributed by atoms with Crippen LogP contribution in [0.3, 0.4) is 0 Å². The third-order valence-corrected chi connectivity index (χ3v) is 2.54. The lowest BCUT2D eigenvalue weighted by Crippen LogP contribution is -2.05. The molecule has 0 atom stereocenters. The van der Waals surface area contributed by atoms with Crippen molar-refractivity contribution in [2.75, 3.05) is 7.11 Å². The molecule has 2 rings (SSSR count). The Morgan fingerprint density at radius 3 is 2.88 bits per heavy atom. The average molecular weight is 238 g/mol. The van der Waals surface area contributed by atoms with E-state index in [-0.39, 0.29) is 11.0 Å². The summed E-state index contributed by atoms with van der Waals surface area (Å²) in [5.41, 5.74) is 0.583. The van der Waals surface area contributed by atoms with Crippen LogP contribution in [0.4, 0.5) is 0 Å². The first kappa shape index (κ1) is 10.7. The highest BCUT2D eigenvalue weighted by Gasteiger charge is 2.11. The molecule has 5 heteroatoms. The lowest BCUT2D eigenvalue weighted by atomic mass is 10.1. The number of H-pyrrole nitrogens is 1. The van der Waals surface area contributed by atoms with Gasteiger partial charge in [0.1, 0.15) is 0 Å². The van der Waals surface area contributed by atoms with E-state index < -0.39 is 5.97 Å². The molecule has 1 aromatic heterocycles. The van der Waals surface area contributed by atoms with Crippen LogP contribution in [0.5, 0.6) is 0 Å². The average Bonchev–Trinajstić information content (AvgIpc) is 2.29. The summed E-state index contributed by atoms with van der Waals surface area (Å²) in [5.74, 6) is -0.521. The van der Waals surface area contributed by atoms with Gasteiger partial charge in [-0.05, 0) is 12.1 Å². The first-order valence-corrected chi connectivity index (χ1v) is 4.90. The van der Waals surface area contributed by atoms with Crippen molar-refractivity contribution in [1.82, 2.24) is 4.98 Å². The van der Waals surface area contributed by atoms with Crippen LogP contribution in [0.1, 0.15) is 10.4 Å². The zero-order valence-electron chi connectivity index (χ0n) is 8.41. The number of benzene rings is 1. The predicted molar refractivity (Wildman–Crippen MR) is 60.9 cm³/mol. The van der Waals surface area contributed by atoms with E-state index in [9.17, 15) is 9.59 Å². The van der Waals surface area contributed by atoms with Crippen molar-refractivity contribution >= 4 is 28.5 Å². The lowest BCUT2D eigenvalue weighted by Gasteiger charge is -2.03. The smallest absolute Gasteiger partial charge is 0.337 e. The molecule has 0 saturated carbocycles. The lowest BCUT2D eigenvalue weighted by molar-refractivity contribution is 0.0601. The molecule has 82 valence electrons. The second kappa shape index (κ2) is 3.98. The first-order valence-electron chi connectivity index (χ1n) is 4.52. The number of hydrogen-bond donors (Lipinski definition) is 1. The van der Waals surface area contributed by atoms with Crippen molar-refractivity contribution in [3.05, 3.63) is 45.2 Å². The van der Waals surface area contributed by atoms with Gasteiger partial charge in [-0.25, -0.2) is 4.79 Å². The number of methoxy groups -OCH3 is 1. The molecule has 0 amide bonds. The topological polar surface area (TPSA) is 59.2 Å². The number of carbonyl (C=O) groups excluding carboxylic acids is 1. The molecule has 0 spiro atoms. The van der Waals surface area contributed by atoms with Crippen LogP contribution in [0, 0.1) is 0 Å². The van der Waals surface area contributed by atoms with Crippen molar-refractivity contribution in [2.24, 2.45) is 0 Å². The van der Waals surface area contributed by atoms with Crippen molar-refractivity contribution < 1.29 is 9.53 Å². The largest absolute Gasteiger partial charge is 0.465 e. The Kier molecular flexibility index (Phi) is 2.66. The summed E-state index contributed by atoms with van der Waals surface area (Å²) in [7, 11) is 1.27. The molecule has 1 N–H and O–H groups in total. The normalized spacial score (nSPS) is 10.4. The quantitative estimate of drug-likeness (QED) is 0.772. The third-order valence-electron chi connectivity index (χ3n) is 2.24. The maximum absolute atomic E-state index is 11.6. The fourth-order valence-electron chi connectivity index (χ4n) is 1.47. The predicted octanol–water partition coefficient (Wildman–Crippen LogP) is 1.97. The van der Waals surface area contributed by atoms with E-state index in [0.717, 1.165) is 0 Å². The Hall–Kier alpha value is -1.81. The number of fused-ring (bicyclic) bond motifs is 1. The molecule has 0 unspecified atom stereocenters. The van der Waals surface area contributed by atoms with Crippen molar-refractivity contribution in [1.29, 1.82) is 0 Å². The molecule has 2 aromatic rings. The number of aromatic amines is 1. The minimum absolute atomic E-state index is 0.193. The Morgan fingerprint density at radius 1 is 1.44 bits per heavy atom. The molecule has 4 nitrogen and oxygen atoms in total. The summed E-state index contributed by atoms with van der Waals surface area (Å²) >= 11 is 5.96. The molecule has 0 aliphatic carbocycles. The van der Waals surface area contributed by atoms with Gasteiger partial charge in [-0.3, -0.25) is 4.79 Å². The fraction of sp³-hybridized carbons (Fsp3) is 0.0909. The third kappa shape index (κ3) is 1.67. The van der Waals surface area contributed by atoms with Crippen molar-refractivity contribution in [3.8, 4) is 0 Å². The van der Waals surface area contributed by atoms with E-state index in [4.69, 9.17) is 11.6 Å². The minimum Gasteiger partial charge on any atom is -0.465 e. The highest BCUT2D eigenvalue weighted by molar-refractivity contribution is 6.35. The fourth-order valence-corrected chi connectivity index (χ4v) is 1.75. The Bertz CT molecular complexity index is 618. The molecule has 0 radical (unpaired) electrons. The van der Waals surface area contributed by atoms with E-state index in [1.807, 2.05) is 0 Å². The zero-order valence-corrected chi connectivity index (χ0v) is 9.17. The molecule has 0 saturated heterocycles. The maximum Gasteiger partial charge on any atom is 0.337 e. The van der Waals surface area contributed by atoms with Gasteiger partial charge in [-0.2, -0.15) is 0 Å². The molecular formula is C11H8ClNO3. The molecule has 0 fully saturated rings. The zero-order chi connectivity index (χ0) is 11.7. The van der Waals surface area contributed by atoms with E-state index in [0.29, 0.717) is 15.9 Å². The maximum atomic E-state index is 11.6. The van der Waals surface area contributed by atoms with Gasteiger partial charge >= 0.3 is 5.97 Å². The van der Waals surface area contributed by atoms with E-state index in [2.05, 4.69) is 9.72 Å². The summed E-state index contributed by atoms with van der Waals surface area (Å²) in [6.07, 6.45) is 1.51. The Labute approximate surface area is 95.8 Å². The minimum atomic E-state index is -0.521. The molecule has 1 aromatic carbocycles. The SMILES string of the molecule is COC(=O)c1cc(Cl)c2[nH]ccc(=O)c2c1. The van der Waals surface area contributed by atoms with Gasteiger partial charge in [0, 0.05) is 17.6 Å². The van der Waals surface area contributed by atoms with Gasteiger partial charge in [0.25, 0.3) is 0 Å². The number of pyridine rings is 1. The Balaban J connectivity index is 2.80. The second-order valence-electron chi connectivity index (χ2n) is 3.21. The first-order chi connectivity index (χ1) is 7.63. The Morgan fingerprint density at radius 2 is 2.19 bits per heavy atom. The van der Waals surface area contributed by atoms with E-state index in [1.54, 1.807) is 0 Å². The summed E-state index contributed by atoms with van der Waals surface area (Å²) in [4.78, 5) is 25.8. The van der Waals surface area contributed by atoms with Gasteiger partial charge in [-0.1, -0.05) is 11.6 Å². The van der Waals surface area contributed by atoms with Crippen molar-refractivity contribution in [3.63, 3.8) is 0 Å². The number of carbonyl (C=O) groups is 1.